The molecule has 2 atom stereocenters. The molecule has 1 aliphatic heterocycles. The third-order valence-electron chi connectivity index (χ3n) is 7.31. The molecule has 1 fully saturated rings. The van der Waals surface area contributed by atoms with E-state index in [0.717, 1.165) is 61.7 Å². The molecule has 2 N–H and O–H groups in total. The summed E-state index contributed by atoms with van der Waals surface area (Å²) in [6, 6.07) is 3.66. The van der Waals surface area contributed by atoms with Crippen LogP contribution in [-0.4, -0.2) is 36.0 Å². The van der Waals surface area contributed by atoms with Crippen molar-refractivity contribution >= 4 is 5.97 Å². The Morgan fingerprint density at radius 1 is 1.24 bits per heavy atom. The van der Waals surface area contributed by atoms with Gasteiger partial charge in [0.2, 0.25) is 0 Å². The number of rotatable bonds is 9. The molecule has 1 aromatic rings. The molecule has 3 rings (SSSR count). The molecule has 186 valence electrons. The van der Waals surface area contributed by atoms with Gasteiger partial charge in [-0.2, -0.15) is 0 Å². The Balaban J connectivity index is 1.99. The normalized spacial score (nSPS) is 22.4. The molecule has 5 nitrogen and oxygen atoms in total. The van der Waals surface area contributed by atoms with Crippen LogP contribution in [0.1, 0.15) is 82.8 Å². The number of phenols is 2. The zero-order valence-electron chi connectivity index (χ0n) is 20.9. The molecule has 34 heavy (non-hydrogen) atoms. The second-order valence-electron chi connectivity index (χ2n) is 9.86. The number of carbonyl (C=O) groups is 1. The maximum absolute atomic E-state index is 11.3. The quantitative estimate of drug-likeness (QED) is 0.247. The van der Waals surface area contributed by atoms with E-state index < -0.39 is 0 Å². The van der Waals surface area contributed by atoms with Crippen molar-refractivity contribution in [2.45, 2.75) is 77.0 Å². The van der Waals surface area contributed by atoms with E-state index in [2.05, 4.69) is 25.7 Å². The number of phenolic OH excluding ortho intramolecular Hbond substituents is 2. The molecule has 2 aliphatic rings. The first-order valence-electron chi connectivity index (χ1n) is 12.6. The fraction of sp³-hybridized carbons (Fsp3) is 0.552. The van der Waals surface area contributed by atoms with E-state index >= 15 is 0 Å². The fourth-order valence-corrected chi connectivity index (χ4v) is 5.30. The van der Waals surface area contributed by atoms with E-state index in [0.29, 0.717) is 18.8 Å². The van der Waals surface area contributed by atoms with Crippen LogP contribution in [0.2, 0.25) is 0 Å². The van der Waals surface area contributed by atoms with Gasteiger partial charge in [-0.25, -0.2) is 0 Å². The van der Waals surface area contributed by atoms with Crippen LogP contribution < -0.4 is 0 Å². The topological polar surface area (TPSA) is 76.0 Å². The predicted molar refractivity (Wildman–Crippen MR) is 135 cm³/mol. The van der Waals surface area contributed by atoms with Crippen molar-refractivity contribution in [2.75, 3.05) is 19.8 Å². The number of hydrogen-bond acceptors (Lipinski definition) is 5. The molecule has 1 aliphatic carbocycles. The summed E-state index contributed by atoms with van der Waals surface area (Å²) in [6.45, 7) is 11.3. The van der Waals surface area contributed by atoms with Gasteiger partial charge in [0, 0.05) is 37.0 Å². The predicted octanol–water partition coefficient (Wildman–Crippen LogP) is 6.45. The SMILES string of the molecule is C=C(C)C1CCC(COC(C)=O)=CC1c1c(O)cc(C2(C=CCCCC)CCOCC2)cc1O. The third kappa shape index (κ3) is 6.12. The number of allylic oxidation sites excluding steroid dienone is 4. The monoisotopic (exact) mass is 468 g/mol. The summed E-state index contributed by atoms with van der Waals surface area (Å²) in [4.78, 5) is 11.3. The van der Waals surface area contributed by atoms with Crippen molar-refractivity contribution in [3.8, 4) is 11.5 Å². The number of esters is 1. The summed E-state index contributed by atoms with van der Waals surface area (Å²) in [5, 5.41) is 22.4. The molecule has 0 bridgehead atoms. The Morgan fingerprint density at radius 2 is 1.91 bits per heavy atom. The van der Waals surface area contributed by atoms with Crippen molar-refractivity contribution in [3.05, 3.63) is 59.2 Å². The van der Waals surface area contributed by atoms with Crippen LogP contribution in [0.25, 0.3) is 0 Å². The lowest BCUT2D eigenvalue weighted by Gasteiger charge is -2.36. The van der Waals surface area contributed by atoms with Gasteiger partial charge < -0.3 is 19.7 Å². The van der Waals surface area contributed by atoms with Gasteiger partial charge in [0.1, 0.15) is 18.1 Å². The minimum absolute atomic E-state index is 0.0923. The Kier molecular flexibility index (Phi) is 9.01. The molecule has 0 saturated carbocycles. The lowest BCUT2D eigenvalue weighted by Crippen LogP contribution is -2.32. The van der Waals surface area contributed by atoms with E-state index in [4.69, 9.17) is 9.47 Å². The molecule has 0 radical (unpaired) electrons. The lowest BCUT2D eigenvalue weighted by atomic mass is 9.71. The maximum atomic E-state index is 11.3. The lowest BCUT2D eigenvalue weighted by molar-refractivity contribution is -0.140. The van der Waals surface area contributed by atoms with E-state index in [1.54, 1.807) is 0 Å². The molecule has 5 heteroatoms. The van der Waals surface area contributed by atoms with E-state index in [-0.39, 0.29) is 41.3 Å². The van der Waals surface area contributed by atoms with Crippen LogP contribution in [-0.2, 0) is 19.7 Å². The molecule has 0 aromatic heterocycles. The largest absolute Gasteiger partial charge is 0.507 e. The minimum Gasteiger partial charge on any atom is -0.507 e. The number of carbonyl (C=O) groups excluding carboxylic acids is 1. The average molecular weight is 469 g/mol. The smallest absolute Gasteiger partial charge is 0.302 e. The molecule has 2 unspecified atom stereocenters. The number of unbranched alkanes of at least 4 members (excludes halogenated alkanes) is 2. The van der Waals surface area contributed by atoms with Crippen molar-refractivity contribution in [1.82, 2.24) is 0 Å². The third-order valence-corrected chi connectivity index (χ3v) is 7.31. The summed E-state index contributed by atoms with van der Waals surface area (Å²) in [7, 11) is 0. The van der Waals surface area contributed by atoms with Crippen molar-refractivity contribution in [2.24, 2.45) is 5.92 Å². The Hall–Kier alpha value is -2.53. The first-order chi connectivity index (χ1) is 16.3. The maximum Gasteiger partial charge on any atom is 0.302 e. The average Bonchev–Trinajstić information content (AvgIpc) is 2.80. The van der Waals surface area contributed by atoms with Gasteiger partial charge >= 0.3 is 5.97 Å². The van der Waals surface area contributed by atoms with Crippen LogP contribution in [0.5, 0.6) is 11.5 Å². The van der Waals surface area contributed by atoms with Crippen LogP contribution in [0.4, 0.5) is 0 Å². The zero-order valence-corrected chi connectivity index (χ0v) is 20.9. The van der Waals surface area contributed by atoms with Crippen LogP contribution in [0, 0.1) is 5.92 Å². The number of hydrogen-bond donors (Lipinski definition) is 2. The summed E-state index contributed by atoms with van der Waals surface area (Å²) in [6.07, 6.45) is 13.1. The van der Waals surface area contributed by atoms with E-state index in [1.165, 1.54) is 6.92 Å². The highest BCUT2D eigenvalue weighted by Crippen LogP contribution is 2.49. The van der Waals surface area contributed by atoms with Gasteiger partial charge in [0.25, 0.3) is 0 Å². The van der Waals surface area contributed by atoms with Crippen LogP contribution in [0.15, 0.2) is 48.1 Å². The Bertz CT molecular complexity index is 913. The van der Waals surface area contributed by atoms with Crippen molar-refractivity contribution in [3.63, 3.8) is 0 Å². The Labute approximate surface area is 204 Å². The zero-order chi connectivity index (χ0) is 24.7. The minimum atomic E-state index is -0.316. The second kappa shape index (κ2) is 11.7. The van der Waals surface area contributed by atoms with Gasteiger partial charge in [-0.3, -0.25) is 4.79 Å². The molecule has 0 amide bonds. The molecule has 1 saturated heterocycles. The second-order valence-corrected chi connectivity index (χ2v) is 9.86. The summed E-state index contributed by atoms with van der Waals surface area (Å²) in [5.41, 5.74) is 3.20. The summed E-state index contributed by atoms with van der Waals surface area (Å²) >= 11 is 0. The van der Waals surface area contributed by atoms with E-state index in [9.17, 15) is 15.0 Å². The highest BCUT2D eigenvalue weighted by molar-refractivity contribution is 5.66. The highest BCUT2D eigenvalue weighted by Gasteiger charge is 2.36. The molecule has 1 aromatic carbocycles. The summed E-state index contributed by atoms with van der Waals surface area (Å²) < 4.78 is 10.8. The number of benzene rings is 1. The molecular weight excluding hydrogens is 428 g/mol. The van der Waals surface area contributed by atoms with E-state index in [1.807, 2.05) is 25.1 Å². The van der Waals surface area contributed by atoms with Gasteiger partial charge in [-0.15, -0.1) is 0 Å². The fourth-order valence-electron chi connectivity index (χ4n) is 5.30. The van der Waals surface area contributed by atoms with Crippen LogP contribution in [0.3, 0.4) is 0 Å². The standard InChI is InChI=1S/C29H40O5/c1-5-6-7-8-11-29(12-14-33-15-13-29)23-17-26(31)28(27(32)18-23)25-16-22(19-34-21(4)30)9-10-24(25)20(2)3/h8,11,16-18,24-25,31-32H,2,5-7,9-10,12-15,19H2,1,3-4H3. The molecule has 0 spiro atoms. The van der Waals surface area contributed by atoms with Gasteiger partial charge in [0.05, 0.1) is 0 Å². The Morgan fingerprint density at radius 3 is 2.50 bits per heavy atom. The number of ether oxygens (including phenoxy) is 2. The van der Waals surface area contributed by atoms with Gasteiger partial charge in [-0.05, 0) is 68.2 Å². The molecular formula is C29H40O5. The molecule has 1 heterocycles. The van der Waals surface area contributed by atoms with Crippen molar-refractivity contribution < 1.29 is 24.5 Å². The highest BCUT2D eigenvalue weighted by atomic mass is 16.5. The van der Waals surface area contributed by atoms with Crippen LogP contribution >= 0.6 is 0 Å². The van der Waals surface area contributed by atoms with Gasteiger partial charge in [-0.1, -0.05) is 50.1 Å². The number of aromatic hydroxyl groups is 2. The van der Waals surface area contributed by atoms with Crippen molar-refractivity contribution in [1.29, 1.82) is 0 Å². The van der Waals surface area contributed by atoms with Gasteiger partial charge in [0.15, 0.2) is 0 Å². The first kappa shape index (κ1) is 26.1. The summed E-state index contributed by atoms with van der Waals surface area (Å²) in [5.74, 6) is -0.248. The first-order valence-corrected chi connectivity index (χ1v) is 12.6.